The van der Waals surface area contributed by atoms with Gasteiger partial charge < -0.3 is 15.2 Å². The number of rotatable bonds is 4. The van der Waals surface area contributed by atoms with Crippen molar-refractivity contribution in [3.05, 3.63) is 29.8 Å². The molecule has 0 spiro atoms. The molecule has 2 rings (SSSR count). The second-order valence-electron chi connectivity index (χ2n) is 4.67. The van der Waals surface area contributed by atoms with E-state index in [2.05, 4.69) is 5.32 Å². The summed E-state index contributed by atoms with van der Waals surface area (Å²) in [6.45, 7) is 0.526. The van der Waals surface area contributed by atoms with Crippen molar-refractivity contribution < 1.29 is 14.6 Å². The Kier molecular flexibility index (Phi) is 4.20. The average molecular weight is 249 g/mol. The normalized spacial score (nSPS) is 22.8. The van der Waals surface area contributed by atoms with Gasteiger partial charge in [-0.15, -0.1) is 0 Å². The summed E-state index contributed by atoms with van der Waals surface area (Å²) in [6, 6.07) is 7.14. The van der Waals surface area contributed by atoms with Crippen molar-refractivity contribution in [3.63, 3.8) is 0 Å². The molecule has 1 aromatic rings. The highest BCUT2D eigenvalue weighted by molar-refractivity contribution is 5.96. The van der Waals surface area contributed by atoms with Gasteiger partial charge in [0.15, 0.2) is 0 Å². The molecule has 4 nitrogen and oxygen atoms in total. The summed E-state index contributed by atoms with van der Waals surface area (Å²) < 4.78 is 5.15. The number of aliphatic hydroxyl groups is 1. The van der Waals surface area contributed by atoms with Gasteiger partial charge in [0, 0.05) is 12.5 Å². The number of ether oxygens (including phenoxy) is 1. The van der Waals surface area contributed by atoms with Crippen LogP contribution < -0.4 is 10.1 Å². The van der Waals surface area contributed by atoms with E-state index in [0.717, 1.165) is 19.3 Å². The van der Waals surface area contributed by atoms with Crippen LogP contribution in [0.25, 0.3) is 0 Å². The van der Waals surface area contributed by atoms with Gasteiger partial charge in [-0.1, -0.05) is 18.6 Å². The van der Waals surface area contributed by atoms with E-state index in [0.29, 0.717) is 17.9 Å². The fourth-order valence-electron chi connectivity index (χ4n) is 2.41. The largest absolute Gasteiger partial charge is 0.496 e. The maximum absolute atomic E-state index is 12.0. The fraction of sp³-hybridized carbons (Fsp3) is 0.500. The lowest BCUT2D eigenvalue weighted by Crippen LogP contribution is -2.32. The molecule has 18 heavy (non-hydrogen) atoms. The predicted molar refractivity (Wildman–Crippen MR) is 68.7 cm³/mol. The predicted octanol–water partition coefficient (Wildman–Crippen LogP) is 1.59. The van der Waals surface area contributed by atoms with E-state index >= 15 is 0 Å². The van der Waals surface area contributed by atoms with Gasteiger partial charge in [-0.25, -0.2) is 0 Å². The first kappa shape index (κ1) is 12.9. The molecule has 1 aliphatic carbocycles. The Morgan fingerprint density at radius 3 is 2.89 bits per heavy atom. The van der Waals surface area contributed by atoms with Crippen molar-refractivity contribution in [3.8, 4) is 5.75 Å². The highest BCUT2D eigenvalue weighted by Crippen LogP contribution is 2.25. The lowest BCUT2D eigenvalue weighted by atomic mass is 10.1. The molecular formula is C14H19NO3. The maximum atomic E-state index is 12.0. The summed E-state index contributed by atoms with van der Waals surface area (Å²) in [5, 5.41) is 12.6. The second kappa shape index (κ2) is 5.87. The lowest BCUT2D eigenvalue weighted by molar-refractivity contribution is 0.0914. The molecule has 4 heteroatoms. The monoisotopic (exact) mass is 249 g/mol. The first-order chi connectivity index (χ1) is 8.72. The van der Waals surface area contributed by atoms with Crippen molar-refractivity contribution in [1.29, 1.82) is 0 Å². The van der Waals surface area contributed by atoms with E-state index < -0.39 is 0 Å². The molecule has 1 amide bonds. The molecule has 2 atom stereocenters. The van der Waals surface area contributed by atoms with Gasteiger partial charge in [0.2, 0.25) is 0 Å². The van der Waals surface area contributed by atoms with Gasteiger partial charge in [-0.05, 0) is 25.0 Å². The first-order valence-electron chi connectivity index (χ1n) is 6.31. The standard InChI is InChI=1S/C14H19NO3/c1-18-13-8-3-2-6-11(13)14(17)15-9-10-5-4-7-12(10)16/h2-3,6,8,10,12,16H,4-5,7,9H2,1H3,(H,15,17). The van der Waals surface area contributed by atoms with Gasteiger partial charge in [0.05, 0.1) is 18.8 Å². The summed E-state index contributed by atoms with van der Waals surface area (Å²) >= 11 is 0. The Morgan fingerprint density at radius 2 is 2.22 bits per heavy atom. The highest BCUT2D eigenvalue weighted by atomic mass is 16.5. The molecule has 1 saturated carbocycles. The summed E-state index contributed by atoms with van der Waals surface area (Å²) in [5.41, 5.74) is 0.535. The van der Waals surface area contributed by atoms with Gasteiger partial charge in [0.25, 0.3) is 5.91 Å². The number of aliphatic hydroxyl groups excluding tert-OH is 1. The molecule has 0 radical (unpaired) electrons. The minimum atomic E-state index is -0.275. The maximum Gasteiger partial charge on any atom is 0.255 e. The zero-order chi connectivity index (χ0) is 13.0. The van der Waals surface area contributed by atoms with Crippen LogP contribution in [-0.2, 0) is 0 Å². The molecule has 98 valence electrons. The van der Waals surface area contributed by atoms with E-state index in [-0.39, 0.29) is 17.9 Å². The van der Waals surface area contributed by atoms with Crippen LogP contribution in [0.2, 0.25) is 0 Å². The topological polar surface area (TPSA) is 58.6 Å². The number of carbonyl (C=O) groups excluding carboxylic acids is 1. The smallest absolute Gasteiger partial charge is 0.255 e. The molecule has 0 bridgehead atoms. The van der Waals surface area contributed by atoms with Crippen LogP contribution in [0.3, 0.4) is 0 Å². The third-order valence-corrected chi connectivity index (χ3v) is 3.50. The van der Waals surface area contributed by atoms with E-state index in [1.54, 1.807) is 19.2 Å². The van der Waals surface area contributed by atoms with Crippen molar-refractivity contribution >= 4 is 5.91 Å². The van der Waals surface area contributed by atoms with Gasteiger partial charge >= 0.3 is 0 Å². The molecule has 2 N–H and O–H groups in total. The number of nitrogens with one attached hydrogen (secondary N) is 1. The molecule has 0 aromatic heterocycles. The molecule has 0 heterocycles. The van der Waals surface area contributed by atoms with E-state index in [1.165, 1.54) is 0 Å². The second-order valence-corrected chi connectivity index (χ2v) is 4.67. The number of para-hydroxylation sites is 1. The zero-order valence-corrected chi connectivity index (χ0v) is 10.6. The third-order valence-electron chi connectivity index (χ3n) is 3.50. The van der Waals surface area contributed by atoms with Gasteiger partial charge in [-0.2, -0.15) is 0 Å². The molecule has 0 saturated heterocycles. The Balaban J connectivity index is 1.95. The van der Waals surface area contributed by atoms with Crippen LogP contribution in [0.4, 0.5) is 0 Å². The molecule has 2 unspecified atom stereocenters. The number of hydrogen-bond acceptors (Lipinski definition) is 3. The number of hydrogen-bond donors (Lipinski definition) is 2. The minimum Gasteiger partial charge on any atom is -0.496 e. The average Bonchev–Trinajstić information content (AvgIpc) is 2.81. The third kappa shape index (κ3) is 2.82. The van der Waals surface area contributed by atoms with Gasteiger partial charge in [0.1, 0.15) is 5.75 Å². The summed E-state index contributed by atoms with van der Waals surface area (Å²) in [5.74, 6) is 0.608. The Hall–Kier alpha value is -1.55. The summed E-state index contributed by atoms with van der Waals surface area (Å²) in [6.07, 6.45) is 2.59. The fourth-order valence-corrected chi connectivity index (χ4v) is 2.41. The first-order valence-corrected chi connectivity index (χ1v) is 6.31. The van der Waals surface area contributed by atoms with Crippen molar-refractivity contribution in [1.82, 2.24) is 5.32 Å². The van der Waals surface area contributed by atoms with Crippen molar-refractivity contribution in [2.75, 3.05) is 13.7 Å². The number of benzene rings is 1. The Labute approximate surface area is 107 Å². The number of carbonyl (C=O) groups is 1. The molecule has 0 aliphatic heterocycles. The number of methoxy groups -OCH3 is 1. The molecule has 1 aliphatic rings. The minimum absolute atomic E-state index is 0.147. The molecule has 1 aromatic carbocycles. The zero-order valence-electron chi connectivity index (χ0n) is 10.6. The molecule has 1 fully saturated rings. The molecular weight excluding hydrogens is 230 g/mol. The lowest BCUT2D eigenvalue weighted by Gasteiger charge is -2.15. The van der Waals surface area contributed by atoms with Gasteiger partial charge in [-0.3, -0.25) is 4.79 Å². The quantitative estimate of drug-likeness (QED) is 0.852. The highest BCUT2D eigenvalue weighted by Gasteiger charge is 2.25. The number of amides is 1. The summed E-state index contributed by atoms with van der Waals surface area (Å²) in [7, 11) is 1.55. The Bertz CT molecular complexity index is 419. The van der Waals surface area contributed by atoms with E-state index in [1.807, 2.05) is 12.1 Å². The van der Waals surface area contributed by atoms with Crippen LogP contribution in [0, 0.1) is 5.92 Å². The van der Waals surface area contributed by atoms with Crippen LogP contribution >= 0.6 is 0 Å². The SMILES string of the molecule is COc1ccccc1C(=O)NCC1CCCC1O. The van der Waals surface area contributed by atoms with Crippen LogP contribution in [0.5, 0.6) is 5.75 Å². The van der Waals surface area contributed by atoms with Crippen molar-refractivity contribution in [2.24, 2.45) is 5.92 Å². The summed E-state index contributed by atoms with van der Waals surface area (Å²) in [4.78, 5) is 12.0. The van der Waals surface area contributed by atoms with Crippen molar-refractivity contribution in [2.45, 2.75) is 25.4 Å². The van der Waals surface area contributed by atoms with Crippen LogP contribution in [0.1, 0.15) is 29.6 Å². The van der Waals surface area contributed by atoms with Crippen LogP contribution in [-0.4, -0.2) is 30.8 Å². The Morgan fingerprint density at radius 1 is 1.44 bits per heavy atom. The van der Waals surface area contributed by atoms with E-state index in [4.69, 9.17) is 4.74 Å². The van der Waals surface area contributed by atoms with Crippen LogP contribution in [0.15, 0.2) is 24.3 Å². The van der Waals surface area contributed by atoms with E-state index in [9.17, 15) is 9.90 Å².